The minimum atomic E-state index is 0.376. The van der Waals surface area contributed by atoms with Crippen LogP contribution in [0.1, 0.15) is 21.6 Å². The van der Waals surface area contributed by atoms with Crippen LogP contribution in [0.15, 0.2) is 24.5 Å². The summed E-state index contributed by atoms with van der Waals surface area (Å²) in [7, 11) is 0. The molecule has 0 aliphatic carbocycles. The van der Waals surface area contributed by atoms with Gasteiger partial charge in [0.05, 0.1) is 0 Å². The van der Waals surface area contributed by atoms with Gasteiger partial charge in [-0.3, -0.25) is 4.79 Å². The fourth-order valence-electron chi connectivity index (χ4n) is 1.29. The zero-order chi connectivity index (χ0) is 11.5. The van der Waals surface area contributed by atoms with Crippen LogP contribution >= 0.6 is 0 Å². The molecule has 5 nitrogen and oxygen atoms in total. The van der Waals surface area contributed by atoms with Crippen molar-refractivity contribution < 1.29 is 4.79 Å². The van der Waals surface area contributed by atoms with Crippen molar-refractivity contribution in [2.45, 2.75) is 6.92 Å². The van der Waals surface area contributed by atoms with Gasteiger partial charge in [-0.25, -0.2) is 9.67 Å². The summed E-state index contributed by atoms with van der Waals surface area (Å²) in [5, 5.41) is 12.8. The number of hydrogen-bond donors (Lipinski definition) is 0. The molecule has 0 unspecified atom stereocenters. The molecule has 0 N–H and O–H groups in total. The second kappa shape index (κ2) is 3.95. The third-order valence-corrected chi connectivity index (χ3v) is 2.14. The predicted molar refractivity (Wildman–Crippen MR) is 56.2 cm³/mol. The molecule has 0 saturated heterocycles. The number of aldehydes is 1. The van der Waals surface area contributed by atoms with Crippen LogP contribution in [0, 0.1) is 18.3 Å². The van der Waals surface area contributed by atoms with Gasteiger partial charge in [0.1, 0.15) is 6.07 Å². The molecular formula is C11H8N4O. The molecule has 0 saturated carbocycles. The molecule has 0 aliphatic heterocycles. The van der Waals surface area contributed by atoms with Gasteiger partial charge in [0.25, 0.3) is 0 Å². The van der Waals surface area contributed by atoms with Crippen LogP contribution in [0.25, 0.3) is 5.82 Å². The Balaban J connectivity index is 2.43. The highest BCUT2D eigenvalue weighted by Gasteiger charge is 2.05. The van der Waals surface area contributed by atoms with Crippen molar-refractivity contribution in [3.05, 3.63) is 41.3 Å². The second-order valence-corrected chi connectivity index (χ2v) is 3.28. The summed E-state index contributed by atoms with van der Waals surface area (Å²) in [4.78, 5) is 14.5. The molecule has 0 fully saturated rings. The highest BCUT2D eigenvalue weighted by Crippen LogP contribution is 2.09. The predicted octanol–water partition coefficient (Wildman–Crippen LogP) is 1.26. The topological polar surface area (TPSA) is 71.6 Å². The molecule has 0 atom stereocenters. The summed E-state index contributed by atoms with van der Waals surface area (Å²) >= 11 is 0. The van der Waals surface area contributed by atoms with Gasteiger partial charge in [-0.2, -0.15) is 10.4 Å². The Morgan fingerprint density at radius 3 is 2.81 bits per heavy atom. The monoisotopic (exact) mass is 212 g/mol. The smallest absolute Gasteiger partial charge is 0.165 e. The Bertz CT molecular complexity index is 563. The van der Waals surface area contributed by atoms with E-state index in [1.165, 1.54) is 10.9 Å². The van der Waals surface area contributed by atoms with Crippen molar-refractivity contribution in [3.63, 3.8) is 0 Å². The molecule has 0 aliphatic rings. The highest BCUT2D eigenvalue weighted by molar-refractivity contribution is 5.74. The minimum Gasteiger partial charge on any atom is -0.298 e. The number of carbonyl (C=O) groups excluding carboxylic acids is 1. The zero-order valence-electron chi connectivity index (χ0n) is 8.58. The average Bonchev–Trinajstić information content (AvgIpc) is 2.71. The standard InChI is InChI=1S/C11H8N4O/c1-8-6-15(14-10(8)4-12)11-3-2-9(7-16)5-13-11/h2-3,5-7H,1H3. The number of aryl methyl sites for hydroxylation is 1. The number of rotatable bonds is 2. The maximum absolute atomic E-state index is 10.5. The maximum Gasteiger partial charge on any atom is 0.165 e. The Morgan fingerprint density at radius 1 is 1.50 bits per heavy atom. The Morgan fingerprint density at radius 2 is 2.31 bits per heavy atom. The number of aromatic nitrogens is 3. The molecule has 2 aromatic heterocycles. The van der Waals surface area contributed by atoms with Crippen LogP contribution in [0.2, 0.25) is 0 Å². The van der Waals surface area contributed by atoms with Crippen molar-refractivity contribution >= 4 is 6.29 Å². The van der Waals surface area contributed by atoms with Gasteiger partial charge in [0.15, 0.2) is 17.8 Å². The first-order valence-corrected chi connectivity index (χ1v) is 4.62. The van der Waals surface area contributed by atoms with Gasteiger partial charge in [0, 0.05) is 23.5 Å². The van der Waals surface area contributed by atoms with Crippen LogP contribution in [0.5, 0.6) is 0 Å². The van der Waals surface area contributed by atoms with Gasteiger partial charge < -0.3 is 0 Å². The number of pyridine rings is 1. The van der Waals surface area contributed by atoms with E-state index in [4.69, 9.17) is 5.26 Å². The molecule has 0 aromatic carbocycles. The molecule has 5 heteroatoms. The molecule has 2 aromatic rings. The van der Waals surface area contributed by atoms with E-state index in [0.29, 0.717) is 17.1 Å². The van der Waals surface area contributed by atoms with Crippen LogP contribution in [-0.4, -0.2) is 21.1 Å². The minimum absolute atomic E-state index is 0.376. The van der Waals surface area contributed by atoms with Gasteiger partial charge in [-0.15, -0.1) is 0 Å². The molecule has 2 rings (SSSR count). The molecule has 78 valence electrons. The van der Waals surface area contributed by atoms with E-state index in [2.05, 4.69) is 10.1 Å². The van der Waals surface area contributed by atoms with Gasteiger partial charge >= 0.3 is 0 Å². The van der Waals surface area contributed by atoms with E-state index in [-0.39, 0.29) is 0 Å². The second-order valence-electron chi connectivity index (χ2n) is 3.28. The summed E-state index contributed by atoms with van der Waals surface area (Å²) in [5.41, 5.74) is 1.68. The molecule has 0 bridgehead atoms. The first-order valence-electron chi connectivity index (χ1n) is 4.62. The summed E-state index contributed by atoms with van der Waals surface area (Å²) in [5.74, 6) is 0.579. The number of nitriles is 1. The molecule has 0 radical (unpaired) electrons. The summed E-state index contributed by atoms with van der Waals surface area (Å²) in [6, 6.07) is 5.32. The van der Waals surface area contributed by atoms with E-state index in [1.807, 2.05) is 13.0 Å². The van der Waals surface area contributed by atoms with Gasteiger partial charge in [-0.1, -0.05) is 0 Å². The average molecular weight is 212 g/mol. The third-order valence-electron chi connectivity index (χ3n) is 2.14. The quantitative estimate of drug-likeness (QED) is 0.702. The fraction of sp³-hybridized carbons (Fsp3) is 0.0909. The van der Waals surface area contributed by atoms with Crippen molar-refractivity contribution in [2.75, 3.05) is 0 Å². The van der Waals surface area contributed by atoms with Crippen molar-refractivity contribution in [1.82, 2.24) is 14.8 Å². The first-order chi connectivity index (χ1) is 7.74. The van der Waals surface area contributed by atoms with Gasteiger partial charge in [-0.05, 0) is 19.1 Å². The normalized spacial score (nSPS) is 9.75. The lowest BCUT2D eigenvalue weighted by atomic mass is 10.3. The maximum atomic E-state index is 10.5. The SMILES string of the molecule is Cc1cn(-c2ccc(C=O)cn2)nc1C#N. The first kappa shape index (κ1) is 10.1. The van der Waals surface area contributed by atoms with Crippen LogP contribution in [0.3, 0.4) is 0 Å². The highest BCUT2D eigenvalue weighted by atomic mass is 16.1. The number of hydrogen-bond acceptors (Lipinski definition) is 4. The number of nitrogens with zero attached hydrogens (tertiary/aromatic N) is 4. The van der Waals surface area contributed by atoms with Crippen molar-refractivity contribution in [1.29, 1.82) is 5.26 Å². The molecular weight excluding hydrogens is 204 g/mol. The lowest BCUT2D eigenvalue weighted by molar-refractivity contribution is 0.112. The Labute approximate surface area is 92.0 Å². The zero-order valence-corrected chi connectivity index (χ0v) is 8.58. The molecule has 2 heterocycles. The molecule has 0 amide bonds. The lowest BCUT2D eigenvalue weighted by Gasteiger charge is -1.98. The summed E-state index contributed by atoms with van der Waals surface area (Å²) < 4.78 is 1.52. The van der Waals surface area contributed by atoms with E-state index < -0.39 is 0 Å². The van der Waals surface area contributed by atoms with Crippen LogP contribution in [-0.2, 0) is 0 Å². The molecule has 0 spiro atoms. The van der Waals surface area contributed by atoms with Crippen LogP contribution < -0.4 is 0 Å². The van der Waals surface area contributed by atoms with E-state index in [9.17, 15) is 4.79 Å². The van der Waals surface area contributed by atoms with Crippen molar-refractivity contribution in [2.24, 2.45) is 0 Å². The Kier molecular flexibility index (Phi) is 2.48. The largest absolute Gasteiger partial charge is 0.298 e. The lowest BCUT2D eigenvalue weighted by Crippen LogP contribution is -1.98. The van der Waals surface area contributed by atoms with E-state index in [1.54, 1.807) is 18.3 Å². The van der Waals surface area contributed by atoms with E-state index in [0.717, 1.165) is 11.8 Å². The summed E-state index contributed by atoms with van der Waals surface area (Å²) in [6.07, 6.45) is 3.92. The fourth-order valence-corrected chi connectivity index (χ4v) is 1.29. The van der Waals surface area contributed by atoms with E-state index >= 15 is 0 Å². The Hall–Kier alpha value is -2.48. The third kappa shape index (κ3) is 1.68. The van der Waals surface area contributed by atoms with Crippen LogP contribution in [0.4, 0.5) is 0 Å². The number of carbonyl (C=O) groups is 1. The summed E-state index contributed by atoms with van der Waals surface area (Å²) in [6.45, 7) is 1.81. The van der Waals surface area contributed by atoms with Gasteiger partial charge in [0.2, 0.25) is 0 Å². The van der Waals surface area contributed by atoms with Crippen molar-refractivity contribution in [3.8, 4) is 11.9 Å². The molecule has 16 heavy (non-hydrogen) atoms.